The molecule has 1 aromatic carbocycles. The molecule has 5 nitrogen and oxygen atoms in total. The Labute approximate surface area is 110 Å². The Balaban J connectivity index is 1.76. The molecule has 0 atom stereocenters. The van der Waals surface area contributed by atoms with E-state index >= 15 is 0 Å². The van der Waals surface area contributed by atoms with Gasteiger partial charge in [0.15, 0.2) is 0 Å². The van der Waals surface area contributed by atoms with Crippen molar-refractivity contribution in [2.75, 3.05) is 5.32 Å². The van der Waals surface area contributed by atoms with Crippen LogP contribution in [0.5, 0.6) is 0 Å². The molecule has 1 saturated carbocycles. The Hall–Kier alpha value is -2.04. The molecule has 0 saturated heterocycles. The van der Waals surface area contributed by atoms with Crippen LogP contribution in [0.4, 0.5) is 5.69 Å². The lowest BCUT2D eigenvalue weighted by Crippen LogP contribution is -2.24. The molecule has 1 fully saturated rings. The first-order valence-electron chi connectivity index (χ1n) is 6.75. The van der Waals surface area contributed by atoms with E-state index < -0.39 is 0 Å². The van der Waals surface area contributed by atoms with Crippen LogP contribution in [0, 0.1) is 5.92 Å². The second-order valence-electron chi connectivity index (χ2n) is 5.16. The number of aromatic amines is 2. The molecular formula is C14H17N3O2. The van der Waals surface area contributed by atoms with Gasteiger partial charge in [0.25, 0.3) is 0 Å². The van der Waals surface area contributed by atoms with E-state index in [0.29, 0.717) is 5.52 Å². The molecule has 0 bridgehead atoms. The third kappa shape index (κ3) is 2.54. The summed E-state index contributed by atoms with van der Waals surface area (Å²) in [4.78, 5) is 28.7. The summed E-state index contributed by atoms with van der Waals surface area (Å²) in [5, 5.41) is 2.94. The minimum absolute atomic E-state index is 0.0944. The number of aromatic nitrogens is 2. The highest BCUT2D eigenvalue weighted by Crippen LogP contribution is 2.25. The Morgan fingerprint density at radius 1 is 1.11 bits per heavy atom. The van der Waals surface area contributed by atoms with Crippen LogP contribution in [0.1, 0.15) is 32.1 Å². The Bertz CT molecular complexity index is 650. The van der Waals surface area contributed by atoms with Gasteiger partial charge >= 0.3 is 5.69 Å². The number of amides is 1. The van der Waals surface area contributed by atoms with Crippen LogP contribution in [0.25, 0.3) is 11.0 Å². The molecule has 0 unspecified atom stereocenters. The van der Waals surface area contributed by atoms with Crippen molar-refractivity contribution in [1.29, 1.82) is 0 Å². The number of nitrogens with one attached hydrogen (secondary N) is 3. The second-order valence-corrected chi connectivity index (χ2v) is 5.16. The van der Waals surface area contributed by atoms with Gasteiger partial charge in [-0.05, 0) is 31.0 Å². The van der Waals surface area contributed by atoms with Gasteiger partial charge in [0.1, 0.15) is 0 Å². The summed E-state index contributed by atoms with van der Waals surface area (Å²) in [6.45, 7) is 0. The van der Waals surface area contributed by atoms with Crippen molar-refractivity contribution in [1.82, 2.24) is 9.97 Å². The van der Waals surface area contributed by atoms with Crippen molar-refractivity contribution < 1.29 is 4.79 Å². The minimum Gasteiger partial charge on any atom is -0.326 e. The maximum atomic E-state index is 12.1. The lowest BCUT2D eigenvalue weighted by molar-refractivity contribution is -0.120. The number of fused-ring (bicyclic) bond motifs is 1. The van der Waals surface area contributed by atoms with Gasteiger partial charge in [-0.25, -0.2) is 4.79 Å². The summed E-state index contributed by atoms with van der Waals surface area (Å²) in [5.41, 5.74) is 1.97. The molecule has 19 heavy (non-hydrogen) atoms. The van der Waals surface area contributed by atoms with Gasteiger partial charge in [-0.1, -0.05) is 19.3 Å². The van der Waals surface area contributed by atoms with Gasteiger partial charge in [-0.3, -0.25) is 4.79 Å². The number of anilines is 1. The van der Waals surface area contributed by atoms with E-state index in [-0.39, 0.29) is 17.5 Å². The second kappa shape index (κ2) is 4.91. The third-order valence-corrected chi connectivity index (χ3v) is 3.76. The van der Waals surface area contributed by atoms with E-state index in [9.17, 15) is 9.59 Å². The zero-order valence-electron chi connectivity index (χ0n) is 10.7. The number of hydrogen-bond acceptors (Lipinski definition) is 2. The Kier molecular flexibility index (Phi) is 3.11. The largest absolute Gasteiger partial charge is 0.326 e. The summed E-state index contributed by atoms with van der Waals surface area (Å²) in [6.07, 6.45) is 5.48. The van der Waals surface area contributed by atoms with Crippen molar-refractivity contribution in [3.8, 4) is 0 Å². The molecule has 5 heteroatoms. The molecule has 1 amide bonds. The monoisotopic (exact) mass is 259 g/mol. The van der Waals surface area contributed by atoms with Crippen LogP contribution < -0.4 is 11.0 Å². The van der Waals surface area contributed by atoms with E-state index in [0.717, 1.165) is 36.9 Å². The normalized spacial score (nSPS) is 16.6. The molecule has 0 radical (unpaired) electrons. The zero-order valence-corrected chi connectivity index (χ0v) is 10.7. The average Bonchev–Trinajstić information content (AvgIpc) is 2.79. The highest BCUT2D eigenvalue weighted by atomic mass is 16.2. The van der Waals surface area contributed by atoms with Gasteiger partial charge < -0.3 is 15.3 Å². The molecule has 100 valence electrons. The number of rotatable bonds is 2. The predicted molar refractivity (Wildman–Crippen MR) is 74.1 cm³/mol. The van der Waals surface area contributed by atoms with Crippen LogP contribution in [-0.2, 0) is 4.79 Å². The zero-order chi connectivity index (χ0) is 13.2. The highest BCUT2D eigenvalue weighted by molar-refractivity contribution is 5.94. The molecular weight excluding hydrogens is 242 g/mol. The summed E-state index contributed by atoms with van der Waals surface area (Å²) in [5.74, 6) is 0.228. The SMILES string of the molecule is O=C(Nc1ccc2[nH]c(=O)[nH]c2c1)C1CCCCC1. The first kappa shape index (κ1) is 12.0. The Morgan fingerprint density at radius 3 is 2.63 bits per heavy atom. The first-order chi connectivity index (χ1) is 9.22. The highest BCUT2D eigenvalue weighted by Gasteiger charge is 2.21. The van der Waals surface area contributed by atoms with Gasteiger partial charge in [0, 0.05) is 11.6 Å². The van der Waals surface area contributed by atoms with Crippen LogP contribution in [0.3, 0.4) is 0 Å². The van der Waals surface area contributed by atoms with Crippen LogP contribution in [0.15, 0.2) is 23.0 Å². The summed E-state index contributed by atoms with van der Waals surface area (Å²) >= 11 is 0. The number of H-pyrrole nitrogens is 2. The Morgan fingerprint density at radius 2 is 1.84 bits per heavy atom. The van der Waals surface area contributed by atoms with Crippen molar-refractivity contribution in [2.45, 2.75) is 32.1 Å². The number of carbonyl (C=O) groups is 1. The number of benzene rings is 1. The van der Waals surface area contributed by atoms with Crippen molar-refractivity contribution in [3.63, 3.8) is 0 Å². The summed E-state index contributed by atoms with van der Waals surface area (Å²) in [7, 11) is 0. The quantitative estimate of drug-likeness (QED) is 0.774. The maximum Gasteiger partial charge on any atom is 0.323 e. The van der Waals surface area contributed by atoms with Crippen LogP contribution in [-0.4, -0.2) is 15.9 Å². The fraction of sp³-hybridized carbons (Fsp3) is 0.429. The van der Waals surface area contributed by atoms with Gasteiger partial charge in [-0.2, -0.15) is 0 Å². The van der Waals surface area contributed by atoms with E-state index in [4.69, 9.17) is 0 Å². The number of imidazole rings is 1. The van der Waals surface area contributed by atoms with Crippen LogP contribution in [0.2, 0.25) is 0 Å². The third-order valence-electron chi connectivity index (χ3n) is 3.76. The standard InChI is InChI=1S/C14H17N3O2/c18-13(9-4-2-1-3-5-9)15-10-6-7-11-12(8-10)17-14(19)16-11/h6-9H,1-5H2,(H,15,18)(H2,16,17,19). The van der Waals surface area contributed by atoms with Crippen molar-refractivity contribution in [2.24, 2.45) is 5.92 Å². The number of carbonyl (C=O) groups excluding carboxylic acids is 1. The minimum atomic E-state index is -0.231. The fourth-order valence-corrected chi connectivity index (χ4v) is 2.72. The van der Waals surface area contributed by atoms with Crippen LogP contribution >= 0.6 is 0 Å². The molecule has 1 aliphatic rings. The molecule has 2 aromatic rings. The van der Waals surface area contributed by atoms with E-state index in [1.807, 2.05) is 6.07 Å². The average molecular weight is 259 g/mol. The molecule has 0 spiro atoms. The predicted octanol–water partition coefficient (Wildman–Crippen LogP) is 2.38. The van der Waals surface area contributed by atoms with E-state index in [1.165, 1.54) is 6.42 Å². The lowest BCUT2D eigenvalue weighted by atomic mass is 9.88. The lowest BCUT2D eigenvalue weighted by Gasteiger charge is -2.20. The molecule has 3 rings (SSSR count). The topological polar surface area (TPSA) is 77.8 Å². The molecule has 3 N–H and O–H groups in total. The molecule has 1 heterocycles. The molecule has 1 aliphatic carbocycles. The molecule has 1 aromatic heterocycles. The summed E-state index contributed by atoms with van der Waals surface area (Å²) < 4.78 is 0. The maximum absolute atomic E-state index is 12.1. The van der Waals surface area contributed by atoms with E-state index in [2.05, 4.69) is 15.3 Å². The summed E-state index contributed by atoms with van der Waals surface area (Å²) in [6, 6.07) is 5.39. The fourth-order valence-electron chi connectivity index (χ4n) is 2.72. The van der Waals surface area contributed by atoms with Gasteiger partial charge in [-0.15, -0.1) is 0 Å². The number of hydrogen-bond donors (Lipinski definition) is 3. The van der Waals surface area contributed by atoms with Crippen molar-refractivity contribution >= 4 is 22.6 Å². The van der Waals surface area contributed by atoms with Gasteiger partial charge in [0.05, 0.1) is 11.0 Å². The van der Waals surface area contributed by atoms with Gasteiger partial charge in [0.2, 0.25) is 5.91 Å². The molecule has 0 aliphatic heterocycles. The first-order valence-corrected chi connectivity index (χ1v) is 6.75. The smallest absolute Gasteiger partial charge is 0.323 e. The van der Waals surface area contributed by atoms with E-state index in [1.54, 1.807) is 12.1 Å². The van der Waals surface area contributed by atoms with Crippen molar-refractivity contribution in [3.05, 3.63) is 28.7 Å².